The highest BCUT2D eigenvalue weighted by Gasteiger charge is 2.27. The van der Waals surface area contributed by atoms with Crippen LogP contribution in [0.5, 0.6) is 0 Å². The first-order valence-corrected chi connectivity index (χ1v) is 5.93. The topological polar surface area (TPSA) is 128 Å². The van der Waals surface area contributed by atoms with Crippen molar-refractivity contribution in [2.75, 3.05) is 21.1 Å². The van der Waals surface area contributed by atoms with Crippen LogP contribution in [-0.4, -0.2) is 45.6 Å². The van der Waals surface area contributed by atoms with Crippen LogP contribution in [0.3, 0.4) is 0 Å². The lowest BCUT2D eigenvalue weighted by Crippen LogP contribution is -1.99. The Morgan fingerprint density at radius 3 is 1.08 bits per heavy atom. The number of rotatable bonds is 2. The van der Waals surface area contributed by atoms with Crippen molar-refractivity contribution in [3.63, 3.8) is 0 Å². The average Bonchev–Trinajstić information content (AvgIpc) is 1.47. The second-order valence-electron chi connectivity index (χ2n) is 2.40. The van der Waals surface area contributed by atoms with E-state index in [9.17, 15) is 9.13 Å². The van der Waals surface area contributed by atoms with E-state index >= 15 is 0 Å². The minimum Gasteiger partial charge on any atom is -0.312 e. The summed E-state index contributed by atoms with van der Waals surface area (Å²) in [5, 5.41) is 0. The van der Waals surface area contributed by atoms with Gasteiger partial charge in [-0.15, -0.1) is 0 Å². The molecule has 0 aliphatic heterocycles. The van der Waals surface area contributed by atoms with Crippen molar-refractivity contribution in [2.24, 2.45) is 0 Å². The van der Waals surface area contributed by atoms with Crippen LogP contribution in [0.4, 0.5) is 0 Å². The molecule has 0 saturated carbocycles. The average molecular weight is 237 g/mol. The van der Waals surface area contributed by atoms with Crippen LogP contribution in [-0.2, 0) is 13.4 Å². The highest BCUT2D eigenvalue weighted by molar-refractivity contribution is 7.60. The number of hydrogen-bond acceptors (Lipinski definition) is 4. The van der Waals surface area contributed by atoms with Gasteiger partial charge in [0.05, 0.1) is 0 Å². The van der Waals surface area contributed by atoms with Crippen molar-refractivity contribution in [2.45, 2.75) is 0 Å². The van der Waals surface area contributed by atoms with Gasteiger partial charge in [0.2, 0.25) is 0 Å². The van der Waals surface area contributed by atoms with Crippen molar-refractivity contribution in [3.05, 3.63) is 0 Å². The van der Waals surface area contributed by atoms with Gasteiger partial charge in [-0.2, -0.15) is 4.31 Å². The van der Waals surface area contributed by atoms with Crippen LogP contribution in [0.2, 0.25) is 0 Å². The van der Waals surface area contributed by atoms with Gasteiger partial charge in [0.25, 0.3) is 0 Å². The molecule has 0 atom stereocenters. The summed E-state index contributed by atoms with van der Waals surface area (Å²) in [7, 11) is -4.10. The fraction of sp³-hybridized carbons (Fsp3) is 1.00. The molecule has 0 heterocycles. The maximum absolute atomic E-state index is 9.63. The van der Waals surface area contributed by atoms with E-state index in [-0.39, 0.29) is 0 Å². The molecular formula is C3H13NO7P2. The SMILES string of the molecule is CN(C)C.O=P(O)(O)OP(=O)(O)O. The smallest absolute Gasteiger partial charge is 0.312 e. The van der Waals surface area contributed by atoms with Gasteiger partial charge < -0.3 is 24.5 Å². The minimum absolute atomic E-state index is 2.00. The summed E-state index contributed by atoms with van der Waals surface area (Å²) in [6.07, 6.45) is 0. The Labute approximate surface area is 75.6 Å². The molecule has 0 aromatic heterocycles. The lowest BCUT2D eigenvalue weighted by molar-refractivity contribution is 0.225. The predicted molar refractivity (Wildman–Crippen MR) is 44.8 cm³/mol. The van der Waals surface area contributed by atoms with E-state index < -0.39 is 15.6 Å². The van der Waals surface area contributed by atoms with E-state index in [0.717, 1.165) is 0 Å². The highest BCUT2D eigenvalue weighted by atomic mass is 31.3. The Bertz CT molecular complexity index is 193. The summed E-state index contributed by atoms with van der Waals surface area (Å²) in [5.41, 5.74) is 0. The molecule has 0 saturated heterocycles. The fourth-order valence-electron chi connectivity index (χ4n) is 0.139. The molecule has 8 nitrogen and oxygen atoms in total. The van der Waals surface area contributed by atoms with Crippen LogP contribution >= 0.6 is 15.6 Å². The second kappa shape index (κ2) is 5.85. The largest absolute Gasteiger partial charge is 0.478 e. The molecule has 0 spiro atoms. The fourth-order valence-corrected chi connectivity index (χ4v) is 1.25. The van der Waals surface area contributed by atoms with E-state index in [4.69, 9.17) is 19.6 Å². The minimum atomic E-state index is -5.05. The summed E-state index contributed by atoms with van der Waals surface area (Å²) < 4.78 is 22.2. The van der Waals surface area contributed by atoms with Crippen molar-refractivity contribution in [1.82, 2.24) is 4.90 Å². The van der Waals surface area contributed by atoms with Gasteiger partial charge >= 0.3 is 15.6 Å². The third-order valence-corrected chi connectivity index (χ3v) is 1.91. The Morgan fingerprint density at radius 2 is 1.08 bits per heavy atom. The molecule has 0 aliphatic rings. The summed E-state index contributed by atoms with van der Waals surface area (Å²) in [6, 6.07) is 0. The predicted octanol–water partition coefficient (Wildman–Crippen LogP) is -0.634. The van der Waals surface area contributed by atoms with Gasteiger partial charge in [0.15, 0.2) is 0 Å². The maximum Gasteiger partial charge on any atom is 0.478 e. The van der Waals surface area contributed by atoms with Gasteiger partial charge in [-0.25, -0.2) is 9.13 Å². The molecule has 0 bridgehead atoms. The first-order valence-electron chi connectivity index (χ1n) is 2.87. The lowest BCUT2D eigenvalue weighted by atomic mass is 11.0. The maximum atomic E-state index is 9.63. The van der Waals surface area contributed by atoms with Crippen LogP contribution in [0.25, 0.3) is 0 Å². The van der Waals surface area contributed by atoms with Gasteiger partial charge in [-0.1, -0.05) is 0 Å². The Hall–Kier alpha value is 0.220. The van der Waals surface area contributed by atoms with Crippen molar-refractivity contribution >= 4 is 15.6 Å². The molecule has 0 unspecified atom stereocenters. The van der Waals surface area contributed by atoms with Crippen LogP contribution in [0.1, 0.15) is 0 Å². The van der Waals surface area contributed by atoms with Gasteiger partial charge in [0, 0.05) is 0 Å². The molecule has 0 rings (SSSR count). The van der Waals surface area contributed by atoms with Crippen molar-refractivity contribution < 1.29 is 33.0 Å². The second-order valence-corrected chi connectivity index (χ2v) is 5.02. The van der Waals surface area contributed by atoms with E-state index in [0.29, 0.717) is 0 Å². The molecule has 0 radical (unpaired) electrons. The summed E-state index contributed by atoms with van der Waals surface area (Å²) >= 11 is 0. The monoisotopic (exact) mass is 237 g/mol. The van der Waals surface area contributed by atoms with Crippen molar-refractivity contribution in [1.29, 1.82) is 0 Å². The molecule has 0 aliphatic carbocycles. The van der Waals surface area contributed by atoms with E-state index in [1.165, 1.54) is 0 Å². The molecule has 0 aromatic carbocycles. The molecular weight excluding hydrogens is 224 g/mol. The van der Waals surface area contributed by atoms with Gasteiger partial charge in [-0.3, -0.25) is 0 Å². The Balaban J connectivity index is 0. The Kier molecular flexibility index (Phi) is 7.05. The lowest BCUT2D eigenvalue weighted by Gasteiger charge is -2.03. The highest BCUT2D eigenvalue weighted by Crippen LogP contribution is 2.53. The molecule has 0 amide bonds. The van der Waals surface area contributed by atoms with Crippen LogP contribution in [0.15, 0.2) is 0 Å². The normalized spacial score (nSPS) is 12.3. The zero-order chi connectivity index (χ0) is 11.3. The molecule has 82 valence electrons. The zero-order valence-corrected chi connectivity index (χ0v) is 9.14. The quantitative estimate of drug-likeness (QED) is 0.467. The number of phosphoric acid groups is 2. The molecule has 0 fully saturated rings. The summed E-state index contributed by atoms with van der Waals surface area (Å²) in [6.45, 7) is 0. The van der Waals surface area contributed by atoms with Crippen LogP contribution in [0, 0.1) is 0 Å². The Morgan fingerprint density at radius 1 is 0.923 bits per heavy atom. The molecule has 13 heavy (non-hydrogen) atoms. The zero-order valence-electron chi connectivity index (χ0n) is 7.36. The van der Waals surface area contributed by atoms with E-state index in [1.54, 1.807) is 0 Å². The standard InChI is InChI=1S/C3H9N.H4O7P2/c1-4(2)3;1-8(2,3)7-9(4,5)6/h1-3H3;(H2,1,2,3)(H2,4,5,6). The summed E-state index contributed by atoms with van der Waals surface area (Å²) in [4.78, 5) is 33.0. The van der Waals surface area contributed by atoms with Crippen LogP contribution < -0.4 is 0 Å². The third-order valence-electron chi connectivity index (χ3n) is 0.213. The summed E-state index contributed by atoms with van der Waals surface area (Å²) in [5.74, 6) is 0. The van der Waals surface area contributed by atoms with E-state index in [1.807, 2.05) is 26.0 Å². The van der Waals surface area contributed by atoms with Gasteiger partial charge in [0.1, 0.15) is 0 Å². The number of nitrogens with zero attached hydrogens (tertiary/aromatic N) is 1. The van der Waals surface area contributed by atoms with Gasteiger partial charge in [-0.05, 0) is 21.1 Å². The molecule has 0 aromatic rings. The molecule has 10 heteroatoms. The first kappa shape index (κ1) is 15.7. The van der Waals surface area contributed by atoms with E-state index in [2.05, 4.69) is 4.31 Å². The first-order chi connectivity index (χ1) is 5.44. The number of hydrogen-bond donors (Lipinski definition) is 4. The van der Waals surface area contributed by atoms with Crippen molar-refractivity contribution in [3.8, 4) is 0 Å². The third kappa shape index (κ3) is 33.0. The molecule has 4 N–H and O–H groups in total.